The number of benzene rings is 2. The lowest BCUT2D eigenvalue weighted by atomic mass is 10.1. The van der Waals surface area contributed by atoms with E-state index >= 15 is 0 Å². The predicted molar refractivity (Wildman–Crippen MR) is 125 cm³/mol. The molecular weight excluding hydrogens is 504 g/mol. The fraction of sp³-hybridized carbons (Fsp3) is 0.333. The van der Waals surface area contributed by atoms with Gasteiger partial charge >= 0.3 is 32.2 Å². The highest BCUT2D eigenvalue weighted by Gasteiger charge is 2.19. The SMILES string of the molecule is NC(Cc1ccc(OS(=O)(=O)CCCS(=O)(=O)Oc2ccc(CC(N)C(=O)O)cc2)cc1)C(=O)O. The van der Waals surface area contributed by atoms with E-state index in [1.807, 2.05) is 0 Å². The highest BCUT2D eigenvalue weighted by molar-refractivity contribution is 7.88. The van der Waals surface area contributed by atoms with Gasteiger partial charge in [0.25, 0.3) is 0 Å². The van der Waals surface area contributed by atoms with Crippen LogP contribution in [0.4, 0.5) is 0 Å². The Kier molecular flexibility index (Phi) is 9.59. The van der Waals surface area contributed by atoms with Crippen molar-refractivity contribution in [1.29, 1.82) is 0 Å². The van der Waals surface area contributed by atoms with Crippen molar-refractivity contribution in [1.82, 2.24) is 0 Å². The Hall–Kier alpha value is -3.20. The Morgan fingerprint density at radius 3 is 1.29 bits per heavy atom. The molecule has 2 unspecified atom stereocenters. The predicted octanol–water partition coefficient (Wildman–Crippen LogP) is 0.103. The quantitative estimate of drug-likeness (QED) is 0.239. The van der Waals surface area contributed by atoms with Crippen LogP contribution in [0.5, 0.6) is 11.5 Å². The lowest BCUT2D eigenvalue weighted by molar-refractivity contribution is -0.139. The molecule has 2 rings (SSSR count). The van der Waals surface area contributed by atoms with Gasteiger partial charge in [-0.15, -0.1) is 0 Å². The summed E-state index contributed by atoms with van der Waals surface area (Å²) >= 11 is 0. The van der Waals surface area contributed by atoms with Gasteiger partial charge in [0.2, 0.25) is 0 Å². The number of rotatable bonds is 14. The lowest BCUT2D eigenvalue weighted by Gasteiger charge is -2.10. The third-order valence-electron chi connectivity index (χ3n) is 4.63. The van der Waals surface area contributed by atoms with E-state index in [2.05, 4.69) is 0 Å². The zero-order chi connectivity index (χ0) is 26.2. The number of aliphatic carboxylic acids is 2. The maximum atomic E-state index is 12.2. The van der Waals surface area contributed by atoms with Crippen molar-refractivity contribution in [3.05, 3.63) is 59.7 Å². The van der Waals surface area contributed by atoms with Gasteiger partial charge in [0.1, 0.15) is 23.6 Å². The maximum Gasteiger partial charge on any atom is 0.320 e. The van der Waals surface area contributed by atoms with Crippen LogP contribution >= 0.6 is 0 Å². The Bertz CT molecular complexity index is 1130. The molecule has 0 saturated heterocycles. The largest absolute Gasteiger partial charge is 0.480 e. The van der Waals surface area contributed by atoms with Crippen molar-refractivity contribution in [2.24, 2.45) is 11.5 Å². The highest BCUT2D eigenvalue weighted by Crippen LogP contribution is 2.18. The summed E-state index contributed by atoms with van der Waals surface area (Å²) < 4.78 is 58.5. The summed E-state index contributed by atoms with van der Waals surface area (Å²) in [5, 5.41) is 17.7. The molecule has 0 saturated carbocycles. The van der Waals surface area contributed by atoms with Crippen molar-refractivity contribution in [2.75, 3.05) is 11.5 Å². The Labute approximate surface area is 202 Å². The van der Waals surface area contributed by atoms with Gasteiger partial charge in [0.15, 0.2) is 0 Å². The third-order valence-corrected chi connectivity index (χ3v) is 7.10. The van der Waals surface area contributed by atoms with Gasteiger partial charge in [-0.3, -0.25) is 9.59 Å². The fourth-order valence-electron chi connectivity index (χ4n) is 2.83. The lowest BCUT2D eigenvalue weighted by Crippen LogP contribution is -2.32. The van der Waals surface area contributed by atoms with Crippen molar-refractivity contribution >= 4 is 32.2 Å². The standard InChI is InChI=1S/C21H26N2O10S2/c22-18(20(24)25)12-14-2-6-16(7-3-14)32-34(28,29)10-1-11-35(30,31)33-17-8-4-15(5-9-17)13-19(23)21(26)27/h2-9,18-19H,1,10-13,22-23H2,(H,24,25)(H,26,27). The minimum Gasteiger partial charge on any atom is -0.480 e. The minimum atomic E-state index is -4.10. The van der Waals surface area contributed by atoms with Crippen LogP contribution in [0.2, 0.25) is 0 Å². The molecule has 0 aliphatic carbocycles. The zero-order valence-corrected chi connectivity index (χ0v) is 20.1. The first kappa shape index (κ1) is 28.0. The normalized spacial score (nSPS) is 13.5. The molecule has 14 heteroatoms. The average molecular weight is 531 g/mol. The van der Waals surface area contributed by atoms with Crippen LogP contribution in [0.25, 0.3) is 0 Å². The van der Waals surface area contributed by atoms with Crippen LogP contribution in [0.3, 0.4) is 0 Å². The molecule has 0 spiro atoms. The molecule has 0 amide bonds. The molecule has 35 heavy (non-hydrogen) atoms. The summed E-state index contributed by atoms with van der Waals surface area (Å²) in [7, 11) is -8.20. The van der Waals surface area contributed by atoms with Crippen LogP contribution < -0.4 is 19.8 Å². The average Bonchev–Trinajstić information content (AvgIpc) is 2.75. The van der Waals surface area contributed by atoms with E-state index in [4.69, 9.17) is 30.0 Å². The van der Waals surface area contributed by atoms with Gasteiger partial charge in [0.05, 0.1) is 11.5 Å². The Morgan fingerprint density at radius 2 is 1.00 bits per heavy atom. The zero-order valence-electron chi connectivity index (χ0n) is 18.4. The molecular formula is C21H26N2O10S2. The second-order valence-corrected chi connectivity index (χ2v) is 11.0. The van der Waals surface area contributed by atoms with Crippen molar-refractivity contribution in [2.45, 2.75) is 31.3 Å². The molecule has 0 aliphatic heterocycles. The highest BCUT2D eigenvalue weighted by atomic mass is 32.2. The number of nitrogens with two attached hydrogens (primary N) is 2. The number of hydrogen-bond donors (Lipinski definition) is 4. The number of carbonyl (C=O) groups is 2. The van der Waals surface area contributed by atoms with E-state index in [1.165, 1.54) is 48.5 Å². The van der Waals surface area contributed by atoms with Crippen LogP contribution in [-0.2, 0) is 42.7 Å². The molecule has 0 heterocycles. The van der Waals surface area contributed by atoms with Gasteiger partial charge in [-0.2, -0.15) is 16.8 Å². The summed E-state index contributed by atoms with van der Waals surface area (Å²) in [5.74, 6) is -3.53. The molecule has 6 N–H and O–H groups in total. The van der Waals surface area contributed by atoms with Crippen LogP contribution in [0.1, 0.15) is 17.5 Å². The van der Waals surface area contributed by atoms with E-state index in [9.17, 15) is 26.4 Å². The van der Waals surface area contributed by atoms with E-state index in [-0.39, 0.29) is 30.8 Å². The van der Waals surface area contributed by atoms with E-state index in [0.717, 1.165) is 0 Å². The van der Waals surface area contributed by atoms with Crippen molar-refractivity contribution < 1.29 is 45.0 Å². The second-order valence-electron chi connectivity index (χ2n) is 7.63. The van der Waals surface area contributed by atoms with Crippen LogP contribution in [-0.4, -0.2) is 62.6 Å². The van der Waals surface area contributed by atoms with Crippen LogP contribution in [0, 0.1) is 0 Å². The molecule has 0 aliphatic rings. The van der Waals surface area contributed by atoms with Gasteiger partial charge in [-0.25, -0.2) is 0 Å². The molecule has 12 nitrogen and oxygen atoms in total. The molecule has 2 aromatic rings. The van der Waals surface area contributed by atoms with E-state index in [0.29, 0.717) is 11.1 Å². The molecule has 0 fully saturated rings. The summed E-state index contributed by atoms with van der Waals surface area (Å²) in [6, 6.07) is 9.09. The molecule has 192 valence electrons. The van der Waals surface area contributed by atoms with Gasteiger partial charge in [-0.05, 0) is 54.7 Å². The molecule has 2 atom stereocenters. The molecule has 2 aromatic carbocycles. The molecule has 0 radical (unpaired) electrons. The van der Waals surface area contributed by atoms with Crippen molar-refractivity contribution in [3.8, 4) is 11.5 Å². The van der Waals surface area contributed by atoms with Gasteiger partial charge in [-0.1, -0.05) is 24.3 Å². The number of carboxylic acid groups (broad SMARTS) is 2. The molecule has 0 aromatic heterocycles. The van der Waals surface area contributed by atoms with E-state index in [1.54, 1.807) is 0 Å². The smallest absolute Gasteiger partial charge is 0.320 e. The molecule has 0 bridgehead atoms. The summed E-state index contributed by atoms with van der Waals surface area (Å²) in [4.78, 5) is 21.6. The topological polar surface area (TPSA) is 213 Å². The number of hydrogen-bond acceptors (Lipinski definition) is 10. The first-order valence-corrected chi connectivity index (χ1v) is 13.4. The Morgan fingerprint density at radius 1 is 0.686 bits per heavy atom. The fourth-order valence-corrected chi connectivity index (χ4v) is 4.99. The minimum absolute atomic E-state index is 0.0144. The summed E-state index contributed by atoms with van der Waals surface area (Å²) in [5.41, 5.74) is 12.1. The van der Waals surface area contributed by atoms with E-state index < -0.39 is 55.8 Å². The monoisotopic (exact) mass is 530 g/mol. The van der Waals surface area contributed by atoms with Crippen molar-refractivity contribution in [3.63, 3.8) is 0 Å². The summed E-state index contributed by atoms with van der Waals surface area (Å²) in [6.45, 7) is 0. The summed E-state index contributed by atoms with van der Waals surface area (Å²) in [6.07, 6.45) is -0.181. The maximum absolute atomic E-state index is 12.2. The Balaban J connectivity index is 1.85. The number of carboxylic acids is 2. The third kappa shape index (κ3) is 9.90. The van der Waals surface area contributed by atoms with Gasteiger partial charge in [0, 0.05) is 0 Å². The first-order valence-electron chi connectivity index (χ1n) is 10.3. The van der Waals surface area contributed by atoms with Crippen LogP contribution in [0.15, 0.2) is 48.5 Å². The first-order chi connectivity index (χ1) is 16.3. The van der Waals surface area contributed by atoms with Gasteiger partial charge < -0.3 is 30.0 Å². The second kappa shape index (κ2) is 12.0.